The number of nitrogens with zero attached hydrogens (tertiary/aromatic N) is 17. The van der Waals surface area contributed by atoms with Gasteiger partial charge in [-0.1, -0.05) is 169 Å². The molecule has 4 aromatic carbocycles. The van der Waals surface area contributed by atoms with Crippen molar-refractivity contribution in [3.63, 3.8) is 0 Å². The number of nitrogens with one attached hydrogen (secondary N) is 7. The summed E-state index contributed by atoms with van der Waals surface area (Å²) in [7, 11) is -8.56. The molecule has 2 amide bonds. The second-order valence-electron chi connectivity index (χ2n) is 35.8. The Morgan fingerprint density at radius 2 is 0.695 bits per heavy atom. The summed E-state index contributed by atoms with van der Waals surface area (Å²) in [6, 6.07) is 21.3. The first kappa shape index (κ1) is 101. The normalized spacial score (nSPS) is 18.6. The lowest BCUT2D eigenvalue weighted by atomic mass is 9.84. The van der Waals surface area contributed by atoms with Gasteiger partial charge in [0.25, 0.3) is 0 Å². The first-order chi connectivity index (χ1) is 61.0. The third-order valence-corrected chi connectivity index (χ3v) is 32.3. The van der Waals surface area contributed by atoms with Crippen LogP contribution in [-0.2, 0) is 75.3 Å². The second kappa shape index (κ2) is 47.5. The lowest BCUT2D eigenvalue weighted by molar-refractivity contribution is -0.130. The van der Waals surface area contributed by atoms with E-state index in [9.17, 15) is 43.3 Å². The number of H-pyrrole nitrogens is 1. The number of hydrogen-bond donors (Lipinski definition) is 7. The molecule has 8 heterocycles. The number of alkyl halides is 1. The molecule has 4 aliphatic heterocycles. The highest BCUT2D eigenvalue weighted by molar-refractivity contribution is 9.09. The molecule has 16 rings (SSSR count). The van der Waals surface area contributed by atoms with Crippen molar-refractivity contribution in [1.29, 1.82) is 0 Å². The number of aromatic amines is 1. The van der Waals surface area contributed by atoms with Crippen LogP contribution in [0.1, 0.15) is 248 Å². The minimum atomic E-state index is -3.60. The largest absolute Gasteiger partial charge is 0.444 e. The molecule has 704 valence electrons. The van der Waals surface area contributed by atoms with Gasteiger partial charge in [0, 0.05) is 60.2 Å². The molecule has 8 fully saturated rings. The maximum Gasteiger partial charge on any atom is 0.410 e. The Morgan fingerprint density at radius 1 is 0.406 bits per heavy atom. The number of benzene rings is 4. The molecule has 0 spiro atoms. The summed E-state index contributed by atoms with van der Waals surface area (Å²) in [5.74, 6) is 4.38. The quantitative estimate of drug-likeness (QED) is 0.0292. The van der Waals surface area contributed by atoms with Gasteiger partial charge in [-0.05, 0) is 268 Å². The van der Waals surface area contributed by atoms with Crippen molar-refractivity contribution in [1.82, 2.24) is 121 Å². The fraction of sp³-hybridized carbons (Fsp3) is 0.655. The molecule has 0 atom stereocenters. The summed E-state index contributed by atoms with van der Waals surface area (Å²) in [6.07, 6.45) is 35.7. The van der Waals surface area contributed by atoms with Gasteiger partial charge in [0.05, 0.1) is 37.7 Å². The number of ether oxygens (including phenoxy) is 1. The van der Waals surface area contributed by atoms with Gasteiger partial charge in [0.2, 0.25) is 69.3 Å². The maximum absolute atomic E-state index is 12.5. The molecule has 7 N–H and O–H groups in total. The Bertz CT molecular complexity index is 5340. The topological polar surface area (TPSA) is 444 Å². The van der Waals surface area contributed by atoms with E-state index in [1.165, 1.54) is 183 Å². The van der Waals surface area contributed by atoms with Crippen molar-refractivity contribution in [3.05, 3.63) is 95.1 Å². The highest BCUT2D eigenvalue weighted by Gasteiger charge is 2.33. The third kappa shape index (κ3) is 28.4. The Morgan fingerprint density at radius 3 is 0.961 bits per heavy atom. The average molecular weight is 1930 g/mol. The Hall–Kier alpha value is -7.77. The van der Waals surface area contributed by atoms with E-state index in [4.69, 9.17) is 4.74 Å². The molecule has 0 unspecified atom stereocenters. The van der Waals surface area contributed by atoms with E-state index in [1.807, 2.05) is 49.9 Å². The van der Waals surface area contributed by atoms with Gasteiger partial charge < -0.3 is 25.2 Å². The molecule has 41 heteroatoms. The maximum atomic E-state index is 12.5. The molecule has 4 saturated carbocycles. The number of sulfonamides is 4. The summed E-state index contributed by atoms with van der Waals surface area (Å²) < 4.78 is 114. The van der Waals surface area contributed by atoms with Gasteiger partial charge in [-0.25, -0.2) is 57.4 Å². The predicted molar refractivity (Wildman–Crippen MR) is 495 cm³/mol. The number of carbonyl (C=O) groups is 2. The second-order valence-corrected chi connectivity index (χ2v) is 44.7. The molecule has 4 saturated heterocycles. The van der Waals surface area contributed by atoms with Crippen LogP contribution in [0.25, 0.3) is 45.6 Å². The molecule has 8 aromatic rings. The van der Waals surface area contributed by atoms with Crippen LogP contribution in [0.2, 0.25) is 0 Å². The molecule has 35 nitrogen and oxygen atoms in total. The van der Waals surface area contributed by atoms with Crippen LogP contribution in [0.15, 0.2) is 92.4 Å². The Kier molecular flexibility index (Phi) is 37.4. The lowest BCUT2D eigenvalue weighted by Gasteiger charge is -2.32. The van der Waals surface area contributed by atoms with Crippen LogP contribution in [0.5, 0.6) is 0 Å². The van der Waals surface area contributed by atoms with Crippen molar-refractivity contribution in [3.8, 4) is 45.6 Å². The van der Waals surface area contributed by atoms with Crippen LogP contribution in [0.3, 0.4) is 0 Å². The van der Waals surface area contributed by atoms with E-state index in [0.29, 0.717) is 91.6 Å². The van der Waals surface area contributed by atoms with Gasteiger partial charge in [-0.2, -0.15) is 19.6 Å². The van der Waals surface area contributed by atoms with E-state index in [1.54, 1.807) is 74.7 Å². The van der Waals surface area contributed by atoms with Gasteiger partial charge in [0.15, 0.2) is 0 Å². The number of hydrogen-bond acceptors (Lipinski definition) is 25. The number of rotatable bonds is 23. The molecule has 4 aromatic heterocycles. The number of aromatic nitrogens is 16. The molecule has 4 aliphatic carbocycles. The molecule has 128 heavy (non-hydrogen) atoms. The smallest absolute Gasteiger partial charge is 0.410 e. The van der Waals surface area contributed by atoms with E-state index in [2.05, 4.69) is 112 Å². The molecule has 8 aliphatic rings. The third-order valence-electron chi connectivity index (χ3n) is 25.8. The van der Waals surface area contributed by atoms with Gasteiger partial charge in [-0.3, -0.25) is 4.79 Å². The molecule has 0 bridgehead atoms. The van der Waals surface area contributed by atoms with E-state index in [-0.39, 0.29) is 62.1 Å². The van der Waals surface area contributed by atoms with E-state index < -0.39 is 45.7 Å². The van der Waals surface area contributed by atoms with Crippen molar-refractivity contribution in [2.24, 2.45) is 23.7 Å². The summed E-state index contributed by atoms with van der Waals surface area (Å²) in [5.41, 5.74) is 6.75. The van der Waals surface area contributed by atoms with E-state index in [0.717, 1.165) is 108 Å². The van der Waals surface area contributed by atoms with Crippen LogP contribution < -0.4 is 29.5 Å². The summed E-state index contributed by atoms with van der Waals surface area (Å²) >= 11 is 3.55. The zero-order valence-corrected chi connectivity index (χ0v) is 81.0. The van der Waals surface area contributed by atoms with Crippen molar-refractivity contribution < 1.29 is 48.0 Å². The number of piperidine rings is 4. The number of likely N-dealkylation sites (tertiary alicyclic amines) is 2. The number of tetrazole rings is 4. The average Bonchev–Trinajstić information content (AvgIpc) is 1.75. The zero-order valence-electron chi connectivity index (χ0n) is 75.3. The van der Waals surface area contributed by atoms with Crippen LogP contribution >= 0.6 is 28.3 Å². The highest BCUT2D eigenvalue weighted by atomic mass is 79.9. The van der Waals surface area contributed by atoms with E-state index >= 15 is 0 Å². The van der Waals surface area contributed by atoms with Crippen LogP contribution in [0.4, 0.5) is 4.79 Å². The fourth-order valence-electron chi connectivity index (χ4n) is 18.3. The SMILES string of the molecule is BrC1CCNCC1.CNS(=O)(=O)c1ccc(CC2CCCCC2)c(-c2nn[nH]n2)c1.CNS(=O)(=O)c1ccc(CC2CCCCC2)c(-c2nnn(C3CCN(C(=O)OC(C)(C)C)CC3)n2)c1.CNS(=O)(=O)c1ccc(CC2CCCCC2)c(-c2nnn(C3CCN(C(C)=O)CC3)n2)c1.CNS(=O)(=O)c1ccc(CC2CCCCC2)c(-c2nnn(C3CCNCC3)n2)c1.Cl. The predicted octanol–water partition coefficient (Wildman–Crippen LogP) is 12.2. The monoisotopic (exact) mass is 1930 g/mol. The number of halogens is 2. The van der Waals surface area contributed by atoms with Crippen molar-refractivity contribution in [2.45, 2.75) is 281 Å². The van der Waals surface area contributed by atoms with Gasteiger partial charge in [-0.15, -0.1) is 53.2 Å². The first-order valence-electron chi connectivity index (χ1n) is 45.7. The van der Waals surface area contributed by atoms with Gasteiger partial charge in [0.1, 0.15) is 5.60 Å². The summed E-state index contributed by atoms with van der Waals surface area (Å²) in [5, 5.41) is 60.6. The number of carbonyl (C=O) groups excluding carboxylic acids is 2. The van der Waals surface area contributed by atoms with Crippen molar-refractivity contribution in [2.75, 3.05) is 80.5 Å². The highest BCUT2D eigenvalue weighted by Crippen LogP contribution is 2.38. The summed E-state index contributed by atoms with van der Waals surface area (Å²) in [4.78, 5) is 34.1. The van der Waals surface area contributed by atoms with Crippen molar-refractivity contribution >= 4 is 80.4 Å². The molecular weight excluding hydrogens is 1800 g/mol. The molecular formula is C87H132BrClN24O11S4. The minimum Gasteiger partial charge on any atom is -0.444 e. The minimum absolute atomic E-state index is 0. The fourth-order valence-corrected chi connectivity index (χ4v) is 21.8. The standard InChI is InChI=1S/C25H38N6O4S.C22H32N6O3S.C20H30N6O2S.C15H21N5O2S.C5H10BrN.ClH/c1-25(2,3)35-24(32)30-14-12-20(13-15-30)31-28-23(27-29-31)22-17-21(36(33,34)26-4)11-10-19(22)16-18-8-6-5-7-9-18;1-16(29)27-12-10-19(11-13-27)28-25-22(24-26-28)21-15-20(32(30,31)23-2)9-8-18(21)14-17-6-4-3-5-7-17;1-21-29(27,28)18-8-7-16(13-15-5-3-2-4-6-15)19(14-18)20-23-25-26(24-20)17-9-11-22-12-10-17;1-16-23(21,22)13-8-7-12(9-11-5-3-2-4-6-11)14(10-13)15-17-19-20-18-15;6-5-1-3-7-4-2-5;/h10-11,17-18,20,26H,5-9,12-16H2,1-4H3;8-9,15,17,19,23H,3-7,10-14H2,1-2H3;7-8,14-15,17,21-22H,2-6,9-13H2,1H3;7-8,10-11,16H,2-6,9H2,1H3,(H,17,18,19,20);5,7H,1-4H2;1H. The number of amides is 2. The Balaban J connectivity index is 0.000000162. The Labute approximate surface area is 769 Å². The van der Waals surface area contributed by atoms with Crippen LogP contribution in [-0.4, -0.2) is 228 Å². The summed E-state index contributed by atoms with van der Waals surface area (Å²) in [6.45, 7) is 13.9. The van der Waals surface area contributed by atoms with Gasteiger partial charge >= 0.3 is 6.09 Å². The molecule has 0 radical (unpaired) electrons. The zero-order chi connectivity index (χ0) is 90.3. The lowest BCUT2D eigenvalue weighted by Crippen LogP contribution is -2.42. The van der Waals surface area contributed by atoms with Crippen LogP contribution in [0, 0.1) is 23.7 Å². The first-order valence-corrected chi connectivity index (χ1v) is 52.5.